The average molecular weight is 648 g/mol. The van der Waals surface area contributed by atoms with Crippen molar-refractivity contribution < 1.29 is 25.6 Å². The summed E-state index contributed by atoms with van der Waals surface area (Å²) in [5, 5.41) is 2.13. The lowest BCUT2D eigenvalue weighted by molar-refractivity contribution is 0.399. The highest BCUT2D eigenvalue weighted by Crippen LogP contribution is 2.59. The third kappa shape index (κ3) is 4.96. The van der Waals surface area contributed by atoms with Crippen LogP contribution in [0, 0.1) is 23.7 Å². The summed E-state index contributed by atoms with van der Waals surface area (Å²) in [7, 11) is -9.08. The summed E-state index contributed by atoms with van der Waals surface area (Å²) in [4.78, 5) is 0.165. The van der Waals surface area contributed by atoms with Crippen LogP contribution >= 0.6 is 0 Å². The highest BCUT2D eigenvalue weighted by Gasteiger charge is 2.47. The molecule has 6 nitrogen and oxygen atoms in total. The van der Waals surface area contributed by atoms with E-state index in [-0.39, 0.29) is 28.4 Å². The molecule has 4 bridgehead atoms. The molecule has 5 aliphatic rings. The summed E-state index contributed by atoms with van der Waals surface area (Å²) >= 11 is 0. The van der Waals surface area contributed by atoms with Crippen molar-refractivity contribution in [3.8, 4) is 5.75 Å². The van der Waals surface area contributed by atoms with Crippen LogP contribution in [0.2, 0.25) is 0 Å². The Hall–Kier alpha value is -2.42. The van der Waals surface area contributed by atoms with Gasteiger partial charge in [-0.15, -0.1) is 0 Å². The van der Waals surface area contributed by atoms with Crippen molar-refractivity contribution in [1.82, 2.24) is 0 Å². The molecule has 0 radical (unpaired) electrons. The molecule has 5 aliphatic carbocycles. The minimum Gasteiger partial charge on any atom is -0.744 e. The number of fused-ring (bicyclic) bond motifs is 6. The van der Waals surface area contributed by atoms with Crippen molar-refractivity contribution in [2.45, 2.75) is 118 Å². The van der Waals surface area contributed by atoms with Crippen molar-refractivity contribution in [2.24, 2.45) is 23.7 Å². The smallest absolute Gasteiger partial charge is 0.339 e. The van der Waals surface area contributed by atoms with E-state index in [2.05, 4.69) is 24.3 Å². The Morgan fingerprint density at radius 2 is 1.44 bits per heavy atom. The van der Waals surface area contributed by atoms with Gasteiger partial charge >= 0.3 is 10.1 Å². The van der Waals surface area contributed by atoms with Gasteiger partial charge in [0.15, 0.2) is 0 Å². The van der Waals surface area contributed by atoms with E-state index in [9.17, 15) is 13.0 Å². The molecule has 6 unspecified atom stereocenters. The molecule has 4 saturated carbocycles. The lowest BCUT2D eigenvalue weighted by Crippen LogP contribution is -2.23. The van der Waals surface area contributed by atoms with Gasteiger partial charge < -0.3 is 8.74 Å². The molecular weight excluding hydrogens is 605 g/mol. The third-order valence-corrected chi connectivity index (χ3v) is 14.5. The second-order valence-corrected chi connectivity index (χ2v) is 17.9. The molecule has 8 heteroatoms. The fraction of sp³-hybridized carbons (Fsp3) is 0.568. The van der Waals surface area contributed by atoms with Crippen molar-refractivity contribution >= 4 is 31.0 Å². The van der Waals surface area contributed by atoms with Gasteiger partial charge in [-0.25, -0.2) is 8.42 Å². The van der Waals surface area contributed by atoms with Gasteiger partial charge in [-0.2, -0.15) is 8.42 Å². The zero-order valence-corrected chi connectivity index (χ0v) is 27.9. The van der Waals surface area contributed by atoms with Gasteiger partial charge in [-0.05, 0) is 145 Å². The van der Waals surface area contributed by atoms with E-state index < -0.39 is 20.2 Å². The first kappa shape index (κ1) is 29.9. The molecular formula is C37H43O6S2-. The zero-order valence-electron chi connectivity index (χ0n) is 26.3. The molecule has 4 fully saturated rings. The monoisotopic (exact) mass is 647 g/mol. The van der Waals surface area contributed by atoms with E-state index >= 15 is 8.42 Å². The van der Waals surface area contributed by atoms with Crippen LogP contribution in [0.15, 0.2) is 46.2 Å². The highest BCUT2D eigenvalue weighted by molar-refractivity contribution is 7.87. The van der Waals surface area contributed by atoms with Crippen LogP contribution in [-0.2, 0) is 33.1 Å². The summed E-state index contributed by atoms with van der Waals surface area (Å²) < 4.78 is 74.0. The minimum absolute atomic E-state index is 0.173. The van der Waals surface area contributed by atoms with Gasteiger partial charge in [0.1, 0.15) is 20.8 Å². The molecule has 0 aromatic heterocycles. The van der Waals surface area contributed by atoms with Gasteiger partial charge in [0.2, 0.25) is 0 Å². The molecule has 3 aromatic carbocycles. The van der Waals surface area contributed by atoms with Crippen LogP contribution in [0.1, 0.15) is 124 Å². The zero-order chi connectivity index (χ0) is 31.2. The average Bonchev–Trinajstić information content (AvgIpc) is 3.82. The quantitative estimate of drug-likeness (QED) is 0.189. The topological polar surface area (TPSA) is 101 Å². The van der Waals surface area contributed by atoms with Crippen LogP contribution in [0.5, 0.6) is 5.75 Å². The largest absolute Gasteiger partial charge is 0.744 e. The van der Waals surface area contributed by atoms with Crippen LogP contribution in [0.3, 0.4) is 0 Å². The normalized spacial score (nSPS) is 29.2. The Balaban J connectivity index is 1.37. The Morgan fingerprint density at radius 3 is 2.04 bits per heavy atom. The standard InChI is InChI=1S/C37H44O6S2/c1-21(2)30-20-34(44(38,39)40)28-9-5-6-10-29(28)36(30)43-45(41,42)37-33(31-17-22-11-13-25(31)15-22)19-24-7-3-4-8-27(24)35(37)32-18-23-12-14-26(32)16-23/h3-4,7-8,19-23,25-26,31-32H,5-6,9-18H2,1-2H3,(H,38,39,40)/p-1. The van der Waals surface area contributed by atoms with E-state index in [1.165, 1.54) is 18.9 Å². The van der Waals surface area contributed by atoms with Gasteiger partial charge in [-0.3, -0.25) is 0 Å². The molecule has 240 valence electrons. The molecule has 0 heterocycles. The predicted molar refractivity (Wildman–Crippen MR) is 173 cm³/mol. The maximum absolute atomic E-state index is 15.2. The van der Waals surface area contributed by atoms with E-state index in [1.54, 1.807) is 0 Å². The molecule has 0 N–H and O–H groups in total. The van der Waals surface area contributed by atoms with E-state index in [0.29, 0.717) is 58.1 Å². The minimum atomic E-state index is -4.74. The molecule has 3 aromatic rings. The van der Waals surface area contributed by atoms with E-state index in [0.717, 1.165) is 73.3 Å². The second kappa shape index (κ2) is 10.8. The summed E-state index contributed by atoms with van der Waals surface area (Å²) in [5.41, 5.74) is 3.37. The number of benzene rings is 3. The van der Waals surface area contributed by atoms with Crippen LogP contribution in [0.25, 0.3) is 10.8 Å². The van der Waals surface area contributed by atoms with E-state index in [4.69, 9.17) is 4.18 Å². The SMILES string of the molecule is CC(C)c1cc(S(=O)(=O)[O-])c2c(c1OS(=O)(=O)c1c(C3CC4CCC3C4)cc3ccccc3c1C1CC3CCC1C3)CCCC2. The van der Waals surface area contributed by atoms with E-state index in [1.807, 2.05) is 19.9 Å². The van der Waals surface area contributed by atoms with Gasteiger partial charge in [0.25, 0.3) is 0 Å². The first-order chi connectivity index (χ1) is 21.5. The predicted octanol–water partition coefficient (Wildman–Crippen LogP) is 8.32. The summed E-state index contributed by atoms with van der Waals surface area (Å²) in [6, 6.07) is 11.8. The fourth-order valence-electron chi connectivity index (χ4n) is 10.3. The first-order valence-electron chi connectivity index (χ1n) is 17.1. The van der Waals surface area contributed by atoms with Crippen LogP contribution in [0.4, 0.5) is 0 Å². The van der Waals surface area contributed by atoms with Crippen LogP contribution < -0.4 is 4.18 Å². The maximum Gasteiger partial charge on any atom is 0.339 e. The molecule has 45 heavy (non-hydrogen) atoms. The lowest BCUT2D eigenvalue weighted by atomic mass is 9.77. The molecule has 8 rings (SSSR count). The lowest BCUT2D eigenvalue weighted by Gasteiger charge is -2.32. The number of hydrogen-bond acceptors (Lipinski definition) is 6. The Morgan fingerprint density at radius 1 is 0.800 bits per heavy atom. The van der Waals surface area contributed by atoms with Crippen molar-refractivity contribution in [2.75, 3.05) is 0 Å². The highest BCUT2D eigenvalue weighted by atomic mass is 32.2. The van der Waals surface area contributed by atoms with Crippen LogP contribution in [-0.4, -0.2) is 21.4 Å². The van der Waals surface area contributed by atoms with Gasteiger partial charge in [0.05, 0.1) is 4.90 Å². The summed E-state index contributed by atoms with van der Waals surface area (Å²) in [6.45, 7) is 3.78. The van der Waals surface area contributed by atoms with Gasteiger partial charge in [-0.1, -0.05) is 51.0 Å². The summed E-state index contributed by atoms with van der Waals surface area (Å²) in [6.07, 6.45) is 11.5. The molecule has 0 spiro atoms. The van der Waals surface area contributed by atoms with Crippen molar-refractivity contribution in [1.29, 1.82) is 0 Å². The Kier molecular flexibility index (Phi) is 7.20. The Bertz CT molecular complexity index is 1910. The number of hydrogen-bond donors (Lipinski definition) is 0. The van der Waals surface area contributed by atoms with Crippen molar-refractivity contribution in [3.05, 3.63) is 64.2 Å². The molecule has 0 aliphatic heterocycles. The van der Waals surface area contributed by atoms with Crippen molar-refractivity contribution in [3.63, 3.8) is 0 Å². The number of rotatable bonds is 7. The summed E-state index contributed by atoms with van der Waals surface area (Å²) in [5.74, 6) is 2.62. The molecule has 0 amide bonds. The molecule has 0 saturated heterocycles. The third-order valence-electron chi connectivity index (χ3n) is 12.2. The fourth-order valence-corrected chi connectivity index (χ4v) is 12.7. The first-order valence-corrected chi connectivity index (χ1v) is 20.0. The molecule has 6 atom stereocenters. The Labute approximate surface area is 267 Å². The second-order valence-electron chi connectivity index (χ2n) is 15.1. The maximum atomic E-state index is 15.2. The van der Waals surface area contributed by atoms with Gasteiger partial charge in [0, 0.05) is 11.1 Å².